The van der Waals surface area contributed by atoms with Crippen molar-refractivity contribution in [2.75, 3.05) is 0 Å². The van der Waals surface area contributed by atoms with Crippen molar-refractivity contribution in [2.24, 2.45) is 0 Å². The van der Waals surface area contributed by atoms with Crippen LogP contribution in [0.5, 0.6) is 0 Å². The molecule has 20 heavy (non-hydrogen) atoms. The first-order chi connectivity index (χ1) is 10.3. The van der Waals surface area contributed by atoms with Crippen LogP contribution in [0.25, 0.3) is 43.1 Å². The van der Waals surface area contributed by atoms with Crippen molar-refractivity contribution in [2.45, 2.75) is 0 Å². The smallest absolute Gasteiger partial charge is 0.0616 e. The number of hydrogen-bond acceptors (Lipinski definition) is 0. The summed E-state index contributed by atoms with van der Waals surface area (Å²) in [6, 6.07) is 23.8. The van der Waals surface area contributed by atoms with E-state index in [9.17, 15) is 0 Å². The van der Waals surface area contributed by atoms with Gasteiger partial charge in [0.2, 0.25) is 0 Å². The molecule has 0 saturated heterocycles. The molecule has 0 N–H and O–H groups in total. The lowest BCUT2D eigenvalue weighted by Crippen LogP contribution is -1.86. The van der Waals surface area contributed by atoms with E-state index in [0.29, 0.717) is 6.04 Å². The summed E-state index contributed by atoms with van der Waals surface area (Å²) in [6.45, 7) is 0. The van der Waals surface area contributed by atoms with E-state index in [1.54, 1.807) is 0 Å². The van der Waals surface area contributed by atoms with E-state index in [4.69, 9.17) is 1.37 Å². The Morgan fingerprint density at radius 2 is 1.10 bits per heavy atom. The fourth-order valence-corrected chi connectivity index (χ4v) is 3.46. The Morgan fingerprint density at radius 3 is 1.90 bits per heavy atom. The predicted octanol–water partition coefficient (Wildman–Crippen LogP) is 5.74. The van der Waals surface area contributed by atoms with Gasteiger partial charge in [-0.05, 0) is 43.1 Å². The largest absolute Gasteiger partial charge is 0.0629 e. The molecule has 0 spiro atoms. The number of rotatable bonds is 0. The minimum absolute atomic E-state index is 0.608. The molecule has 0 nitrogen and oxygen atoms in total. The first-order valence-electron chi connectivity index (χ1n) is 7.39. The zero-order chi connectivity index (χ0) is 14.0. The van der Waals surface area contributed by atoms with E-state index in [-0.39, 0.29) is 0 Å². The van der Waals surface area contributed by atoms with Gasteiger partial charge in [0.05, 0.1) is 1.37 Å². The van der Waals surface area contributed by atoms with Crippen LogP contribution >= 0.6 is 0 Å². The van der Waals surface area contributed by atoms with Gasteiger partial charge in [-0.1, -0.05) is 72.8 Å². The molecule has 0 amide bonds. The van der Waals surface area contributed by atoms with Crippen LogP contribution in [0.1, 0.15) is 1.37 Å². The van der Waals surface area contributed by atoms with Crippen LogP contribution in [0.15, 0.2) is 72.8 Å². The van der Waals surface area contributed by atoms with Crippen molar-refractivity contribution in [1.82, 2.24) is 0 Å². The summed E-state index contributed by atoms with van der Waals surface area (Å²) in [6.07, 6.45) is 0. The quantitative estimate of drug-likeness (QED) is 0.244. The first-order valence-corrected chi connectivity index (χ1v) is 6.89. The minimum Gasteiger partial charge on any atom is -0.0616 e. The average Bonchev–Trinajstić information content (AvgIpc) is 2.54. The highest BCUT2D eigenvalue weighted by Crippen LogP contribution is 2.40. The van der Waals surface area contributed by atoms with Crippen LogP contribution in [-0.4, -0.2) is 0 Å². The van der Waals surface area contributed by atoms with Crippen LogP contribution in [-0.2, 0) is 0 Å². The van der Waals surface area contributed by atoms with Crippen LogP contribution in [0.3, 0.4) is 0 Å². The Hall–Kier alpha value is -2.60. The zero-order valence-electron chi connectivity index (χ0n) is 11.9. The molecule has 0 aliphatic carbocycles. The number of benzene rings is 5. The summed E-state index contributed by atoms with van der Waals surface area (Å²) in [5.74, 6) is 0. The van der Waals surface area contributed by atoms with E-state index in [1.165, 1.54) is 37.7 Å². The third-order valence-corrected chi connectivity index (χ3v) is 4.30. The normalized spacial score (nSPS) is 12.7. The second-order valence-electron chi connectivity index (χ2n) is 5.33. The first kappa shape index (κ1) is 9.33. The molecule has 5 aromatic carbocycles. The van der Waals surface area contributed by atoms with Gasteiger partial charge in [0.15, 0.2) is 0 Å². The molecule has 92 valence electrons. The maximum absolute atomic E-state index is 8.39. The highest BCUT2D eigenvalue weighted by molar-refractivity contribution is 6.33. The van der Waals surface area contributed by atoms with Gasteiger partial charge in [0.25, 0.3) is 0 Å². The summed E-state index contributed by atoms with van der Waals surface area (Å²) in [4.78, 5) is 0. The summed E-state index contributed by atoms with van der Waals surface area (Å²) in [5, 5.41) is 9.77. The molecule has 0 aliphatic heterocycles. The highest BCUT2D eigenvalue weighted by atomic mass is 14.1. The van der Waals surface area contributed by atoms with Crippen LogP contribution in [0.4, 0.5) is 0 Å². The highest BCUT2D eigenvalue weighted by Gasteiger charge is 2.11. The fraction of sp³-hybridized carbons (Fsp3) is 0. The van der Waals surface area contributed by atoms with E-state index in [0.717, 1.165) is 5.39 Å². The molecule has 0 heterocycles. The monoisotopic (exact) mass is 253 g/mol. The van der Waals surface area contributed by atoms with Gasteiger partial charge in [-0.2, -0.15) is 0 Å². The van der Waals surface area contributed by atoms with Gasteiger partial charge in [-0.15, -0.1) is 0 Å². The van der Waals surface area contributed by atoms with Crippen molar-refractivity contribution >= 4 is 43.1 Å². The maximum atomic E-state index is 8.39. The van der Waals surface area contributed by atoms with Crippen LogP contribution in [0.2, 0.25) is 0 Å². The average molecular weight is 253 g/mol. The summed E-state index contributed by atoms with van der Waals surface area (Å²) in [5.41, 5.74) is 0. The Balaban J connectivity index is 2.34. The maximum Gasteiger partial charge on any atom is 0.0629 e. The third kappa shape index (κ3) is 1.12. The predicted molar refractivity (Wildman–Crippen MR) is 87.7 cm³/mol. The summed E-state index contributed by atoms with van der Waals surface area (Å²) >= 11 is 0. The SMILES string of the molecule is [2H]c1ccc2ccc3cccc4c5ccccc5c1c2c34. The number of fused-ring (bicyclic) bond motifs is 3. The second-order valence-corrected chi connectivity index (χ2v) is 5.33. The molecule has 0 aromatic heterocycles. The van der Waals surface area contributed by atoms with Gasteiger partial charge in [0.1, 0.15) is 0 Å². The molecule has 0 aliphatic rings. The lowest BCUT2D eigenvalue weighted by atomic mass is 9.89. The van der Waals surface area contributed by atoms with Gasteiger partial charge < -0.3 is 0 Å². The Morgan fingerprint density at radius 1 is 0.500 bits per heavy atom. The lowest BCUT2D eigenvalue weighted by Gasteiger charge is -2.14. The topological polar surface area (TPSA) is 0 Å². The Bertz CT molecular complexity index is 1140. The van der Waals surface area contributed by atoms with Crippen LogP contribution in [0, 0.1) is 0 Å². The van der Waals surface area contributed by atoms with Gasteiger partial charge in [-0.25, -0.2) is 0 Å². The van der Waals surface area contributed by atoms with E-state index in [2.05, 4.69) is 60.7 Å². The number of hydrogen-bond donors (Lipinski definition) is 0. The van der Waals surface area contributed by atoms with Crippen LogP contribution < -0.4 is 0 Å². The molecular weight excluding hydrogens is 240 g/mol. The molecular formula is C20H12. The molecule has 5 aromatic rings. The molecule has 0 atom stereocenters. The summed E-state index contributed by atoms with van der Waals surface area (Å²) < 4.78 is 8.39. The van der Waals surface area contributed by atoms with Gasteiger partial charge in [0, 0.05) is 0 Å². The van der Waals surface area contributed by atoms with Crippen molar-refractivity contribution in [3.05, 3.63) is 72.8 Å². The molecule has 0 bridgehead atoms. The Kier molecular flexibility index (Phi) is 1.63. The molecule has 0 fully saturated rings. The van der Waals surface area contributed by atoms with E-state index in [1.807, 2.05) is 6.07 Å². The molecule has 0 saturated carbocycles. The molecule has 0 heteroatoms. The van der Waals surface area contributed by atoms with Crippen molar-refractivity contribution < 1.29 is 1.37 Å². The molecule has 0 unspecified atom stereocenters. The van der Waals surface area contributed by atoms with Crippen molar-refractivity contribution in [1.29, 1.82) is 0 Å². The van der Waals surface area contributed by atoms with Gasteiger partial charge in [-0.3, -0.25) is 0 Å². The second kappa shape index (κ2) is 3.49. The van der Waals surface area contributed by atoms with Crippen molar-refractivity contribution in [3.63, 3.8) is 0 Å². The van der Waals surface area contributed by atoms with Crippen molar-refractivity contribution in [3.8, 4) is 0 Å². The Labute approximate surface area is 118 Å². The fourth-order valence-electron chi connectivity index (χ4n) is 3.46. The summed E-state index contributed by atoms with van der Waals surface area (Å²) in [7, 11) is 0. The third-order valence-electron chi connectivity index (χ3n) is 4.30. The van der Waals surface area contributed by atoms with E-state index >= 15 is 0 Å². The molecule has 5 rings (SSSR count). The lowest BCUT2D eigenvalue weighted by molar-refractivity contribution is 1.78. The molecule has 0 radical (unpaired) electrons. The standard InChI is InChI=1S/C20H12/c1-2-8-16-15(7-1)17-9-3-5-13-11-12-14-6-4-10-18(16)20(14)19(13)17/h1-12H/i9D. The van der Waals surface area contributed by atoms with Gasteiger partial charge >= 0.3 is 0 Å². The zero-order valence-corrected chi connectivity index (χ0v) is 10.9. The minimum atomic E-state index is 0.608. The van der Waals surface area contributed by atoms with E-state index < -0.39 is 0 Å².